The fourth-order valence-electron chi connectivity index (χ4n) is 1.92. The number of carbonyl (C=O) groups excluding carboxylic acids is 1. The molecule has 1 aromatic carbocycles. The second kappa shape index (κ2) is 8.08. The van der Waals surface area contributed by atoms with E-state index in [4.69, 9.17) is 9.47 Å². The number of benzene rings is 1. The van der Waals surface area contributed by atoms with E-state index < -0.39 is 22.1 Å². The molecular formula is C14H17NO7. The van der Waals surface area contributed by atoms with Crippen LogP contribution in [0.2, 0.25) is 0 Å². The molecule has 0 spiro atoms. The Morgan fingerprint density at radius 3 is 2.55 bits per heavy atom. The highest BCUT2D eigenvalue weighted by molar-refractivity contribution is 5.95. The second-order valence-electron chi connectivity index (χ2n) is 4.57. The number of carboxylic acids is 1. The molecule has 0 aliphatic rings. The molecule has 0 unspecified atom stereocenters. The van der Waals surface area contributed by atoms with Crippen molar-refractivity contribution in [3.8, 4) is 5.75 Å². The SMILES string of the molecule is COc1ccc(COCCCC(C)=O)c(C(=O)O)c1[N+](=O)[O-]. The molecule has 0 aliphatic carbocycles. The van der Waals surface area contributed by atoms with Crippen molar-refractivity contribution < 1.29 is 29.1 Å². The number of hydrogen-bond acceptors (Lipinski definition) is 6. The summed E-state index contributed by atoms with van der Waals surface area (Å²) in [5.74, 6) is -1.51. The molecule has 1 rings (SSSR count). The molecule has 0 aromatic heterocycles. The Morgan fingerprint density at radius 1 is 1.36 bits per heavy atom. The number of nitro groups is 1. The highest BCUT2D eigenvalue weighted by atomic mass is 16.6. The van der Waals surface area contributed by atoms with Crippen LogP contribution < -0.4 is 4.74 Å². The molecule has 0 radical (unpaired) electrons. The zero-order chi connectivity index (χ0) is 16.7. The number of carboxylic acid groups (broad SMARTS) is 1. The monoisotopic (exact) mass is 311 g/mol. The van der Waals surface area contributed by atoms with Crippen LogP contribution in [0.4, 0.5) is 5.69 Å². The summed E-state index contributed by atoms with van der Waals surface area (Å²) in [4.78, 5) is 32.4. The van der Waals surface area contributed by atoms with E-state index in [2.05, 4.69) is 0 Å². The lowest BCUT2D eigenvalue weighted by Crippen LogP contribution is -2.10. The van der Waals surface area contributed by atoms with E-state index in [0.29, 0.717) is 12.8 Å². The standard InChI is InChI=1S/C14H17NO7/c1-9(16)4-3-7-22-8-10-5-6-11(21-2)13(15(19)20)12(10)14(17)18/h5-6H,3-4,7-8H2,1-2H3,(H,17,18). The van der Waals surface area contributed by atoms with Crippen molar-refractivity contribution in [3.05, 3.63) is 33.4 Å². The molecule has 0 bridgehead atoms. The zero-order valence-corrected chi connectivity index (χ0v) is 12.3. The van der Waals surface area contributed by atoms with Gasteiger partial charge < -0.3 is 19.4 Å². The van der Waals surface area contributed by atoms with E-state index in [1.165, 1.54) is 26.2 Å². The fourth-order valence-corrected chi connectivity index (χ4v) is 1.92. The third-order valence-electron chi connectivity index (χ3n) is 2.92. The molecule has 0 fully saturated rings. The summed E-state index contributed by atoms with van der Waals surface area (Å²) in [6, 6.07) is 2.75. The number of rotatable bonds is 9. The Balaban J connectivity index is 2.95. The van der Waals surface area contributed by atoms with Crippen molar-refractivity contribution >= 4 is 17.4 Å². The molecule has 22 heavy (non-hydrogen) atoms. The minimum atomic E-state index is -1.42. The maximum Gasteiger partial charge on any atom is 0.343 e. The van der Waals surface area contributed by atoms with Gasteiger partial charge in [-0.15, -0.1) is 0 Å². The first kappa shape index (κ1) is 17.6. The summed E-state index contributed by atoms with van der Waals surface area (Å²) >= 11 is 0. The molecular weight excluding hydrogens is 294 g/mol. The van der Waals surface area contributed by atoms with Crippen LogP contribution in [-0.4, -0.2) is 35.5 Å². The first-order chi connectivity index (χ1) is 10.4. The summed E-state index contributed by atoms with van der Waals surface area (Å²) in [7, 11) is 1.23. The van der Waals surface area contributed by atoms with Crippen LogP contribution in [0.15, 0.2) is 12.1 Å². The highest BCUT2D eigenvalue weighted by Gasteiger charge is 2.28. The summed E-state index contributed by atoms with van der Waals surface area (Å²) in [5, 5.41) is 20.3. The van der Waals surface area contributed by atoms with Gasteiger partial charge in [-0.25, -0.2) is 4.79 Å². The number of methoxy groups -OCH3 is 1. The maximum absolute atomic E-state index is 11.3. The van der Waals surface area contributed by atoms with Crippen LogP contribution in [0.25, 0.3) is 0 Å². The molecule has 0 atom stereocenters. The van der Waals surface area contributed by atoms with Gasteiger partial charge in [0.1, 0.15) is 11.3 Å². The topological polar surface area (TPSA) is 116 Å². The third-order valence-corrected chi connectivity index (χ3v) is 2.92. The van der Waals surface area contributed by atoms with E-state index in [1.54, 1.807) is 0 Å². The van der Waals surface area contributed by atoms with Crippen molar-refractivity contribution in [2.45, 2.75) is 26.4 Å². The molecule has 1 aromatic rings. The minimum Gasteiger partial charge on any atom is -0.490 e. The van der Waals surface area contributed by atoms with Crippen molar-refractivity contribution in [1.29, 1.82) is 0 Å². The third kappa shape index (κ3) is 4.52. The van der Waals surface area contributed by atoms with E-state index in [1.807, 2.05) is 0 Å². The number of hydrogen-bond donors (Lipinski definition) is 1. The largest absolute Gasteiger partial charge is 0.490 e. The van der Waals surface area contributed by atoms with Crippen molar-refractivity contribution in [2.75, 3.05) is 13.7 Å². The molecule has 8 nitrogen and oxygen atoms in total. The summed E-state index contributed by atoms with van der Waals surface area (Å²) < 4.78 is 10.1. The zero-order valence-electron chi connectivity index (χ0n) is 12.3. The molecule has 120 valence electrons. The normalized spacial score (nSPS) is 10.3. The lowest BCUT2D eigenvalue weighted by molar-refractivity contribution is -0.386. The van der Waals surface area contributed by atoms with Crippen molar-refractivity contribution in [2.24, 2.45) is 0 Å². The Hall–Kier alpha value is -2.48. The number of aromatic carboxylic acids is 1. The quantitative estimate of drug-likeness (QED) is 0.422. The number of ketones is 1. The summed E-state index contributed by atoms with van der Waals surface area (Å²) in [6.45, 7) is 1.64. The van der Waals surface area contributed by atoms with E-state index in [0.717, 1.165) is 0 Å². The van der Waals surface area contributed by atoms with Gasteiger partial charge in [0.2, 0.25) is 0 Å². The van der Waals surface area contributed by atoms with Gasteiger partial charge in [-0.05, 0) is 25.0 Å². The number of nitro benzene ring substituents is 1. The van der Waals surface area contributed by atoms with E-state index >= 15 is 0 Å². The fraction of sp³-hybridized carbons (Fsp3) is 0.429. The van der Waals surface area contributed by atoms with Crippen LogP contribution in [0.5, 0.6) is 5.75 Å². The predicted molar refractivity (Wildman–Crippen MR) is 76.2 cm³/mol. The Labute approximate surface area is 126 Å². The van der Waals surface area contributed by atoms with Gasteiger partial charge in [0.25, 0.3) is 0 Å². The van der Waals surface area contributed by atoms with Crippen LogP contribution in [-0.2, 0) is 16.1 Å². The van der Waals surface area contributed by atoms with Crippen LogP contribution in [0.3, 0.4) is 0 Å². The molecule has 0 aliphatic heterocycles. The highest BCUT2D eigenvalue weighted by Crippen LogP contribution is 2.33. The number of ether oxygens (including phenoxy) is 2. The average Bonchev–Trinajstić information content (AvgIpc) is 2.45. The first-order valence-corrected chi connectivity index (χ1v) is 6.53. The number of nitrogens with zero attached hydrogens (tertiary/aromatic N) is 1. The molecule has 0 saturated carbocycles. The second-order valence-corrected chi connectivity index (χ2v) is 4.57. The lowest BCUT2D eigenvalue weighted by Gasteiger charge is -2.10. The van der Waals surface area contributed by atoms with Crippen molar-refractivity contribution in [1.82, 2.24) is 0 Å². The number of carbonyl (C=O) groups is 2. The van der Waals surface area contributed by atoms with Crippen LogP contribution in [0, 0.1) is 10.1 Å². The molecule has 0 heterocycles. The first-order valence-electron chi connectivity index (χ1n) is 6.53. The Morgan fingerprint density at radius 2 is 2.05 bits per heavy atom. The van der Waals surface area contributed by atoms with Crippen LogP contribution in [0.1, 0.15) is 35.7 Å². The van der Waals surface area contributed by atoms with Gasteiger partial charge in [0.05, 0.1) is 18.6 Å². The molecule has 8 heteroatoms. The van der Waals surface area contributed by atoms with Gasteiger partial charge in [-0.2, -0.15) is 0 Å². The van der Waals surface area contributed by atoms with Gasteiger partial charge in [0.15, 0.2) is 5.75 Å². The van der Waals surface area contributed by atoms with Crippen molar-refractivity contribution in [3.63, 3.8) is 0 Å². The maximum atomic E-state index is 11.3. The minimum absolute atomic E-state index is 0.0370. The van der Waals surface area contributed by atoms with E-state index in [-0.39, 0.29) is 30.3 Å². The summed E-state index contributed by atoms with van der Waals surface area (Å²) in [6.07, 6.45) is 0.879. The molecule has 1 N–H and O–H groups in total. The van der Waals surface area contributed by atoms with Crippen LogP contribution >= 0.6 is 0 Å². The van der Waals surface area contributed by atoms with E-state index in [9.17, 15) is 24.8 Å². The smallest absolute Gasteiger partial charge is 0.343 e. The van der Waals surface area contributed by atoms with Gasteiger partial charge in [0, 0.05) is 13.0 Å². The number of Topliss-reactive ketones (excluding diaryl/α,β-unsaturated/α-hetero) is 1. The predicted octanol–water partition coefficient (Wildman–Crippen LogP) is 2.19. The summed E-state index contributed by atoms with van der Waals surface area (Å²) in [5.41, 5.74) is -0.862. The molecule has 0 saturated heterocycles. The Bertz CT molecular complexity index is 583. The molecule has 0 amide bonds. The van der Waals surface area contributed by atoms with Gasteiger partial charge >= 0.3 is 11.7 Å². The average molecular weight is 311 g/mol. The van der Waals surface area contributed by atoms with Gasteiger partial charge in [-0.3, -0.25) is 10.1 Å². The lowest BCUT2D eigenvalue weighted by atomic mass is 10.1. The Kier molecular flexibility index (Phi) is 6.46. The van der Waals surface area contributed by atoms with Gasteiger partial charge in [-0.1, -0.05) is 6.07 Å².